The molecular formula is C4H9NaO. The van der Waals surface area contributed by atoms with Gasteiger partial charge in [-0.05, 0) is 0 Å². The molecule has 0 aliphatic carbocycles. The molecule has 0 aliphatic heterocycles. The van der Waals surface area contributed by atoms with Crippen molar-refractivity contribution in [3.63, 3.8) is 0 Å². The molecule has 1 nitrogen and oxygen atoms in total. The van der Waals surface area contributed by atoms with Gasteiger partial charge < -0.3 is 0 Å². The molecule has 0 saturated heterocycles. The van der Waals surface area contributed by atoms with E-state index in [4.69, 9.17) is 5.11 Å². The summed E-state index contributed by atoms with van der Waals surface area (Å²) in [6.45, 7) is 0.377. The van der Waals surface area contributed by atoms with E-state index < -0.39 is 0 Å². The molecule has 0 aromatic heterocycles. The molecule has 0 radical (unpaired) electrons. The van der Waals surface area contributed by atoms with E-state index in [1.807, 2.05) is 0 Å². The van der Waals surface area contributed by atoms with E-state index in [1.54, 1.807) is 0 Å². The predicted molar refractivity (Wildman–Crippen MR) is 26.9 cm³/mol. The standard InChI is InChI=1S/C4H9O.Na/c1-2-3-4-5;/h5H,1-4H2;. The first-order valence-corrected chi connectivity index (χ1v) is 3.94. The van der Waals surface area contributed by atoms with E-state index in [0.29, 0.717) is 6.61 Å². The second kappa shape index (κ2) is 5.96. The van der Waals surface area contributed by atoms with Crippen molar-refractivity contribution in [1.82, 2.24) is 0 Å². The topological polar surface area (TPSA) is 20.2 Å². The zero-order valence-corrected chi connectivity index (χ0v) is 6.28. The summed E-state index contributed by atoms with van der Waals surface area (Å²) in [6, 6.07) is 0. The quantitative estimate of drug-likeness (QED) is 0.397. The van der Waals surface area contributed by atoms with Crippen LogP contribution in [-0.2, 0) is 0 Å². The molecule has 0 rings (SSSR count). The Labute approximate surface area is 56.2 Å². The zero-order valence-electron chi connectivity index (χ0n) is 4.28. The molecular weight excluding hydrogens is 87.0 g/mol. The predicted octanol–water partition coefficient (Wildman–Crippen LogP) is 0.346. The molecule has 2 heteroatoms. The molecule has 0 aromatic carbocycles. The van der Waals surface area contributed by atoms with Gasteiger partial charge in [0.25, 0.3) is 0 Å². The summed E-state index contributed by atoms with van der Waals surface area (Å²) in [5.74, 6) is 0. The van der Waals surface area contributed by atoms with Crippen LogP contribution in [0, 0.1) is 0 Å². The first-order valence-electron chi connectivity index (χ1n) is 2.52. The van der Waals surface area contributed by atoms with Crippen LogP contribution in [0.25, 0.3) is 0 Å². The van der Waals surface area contributed by atoms with E-state index in [-0.39, 0.29) is 0 Å². The number of hydrogen-bond acceptors (Lipinski definition) is 1. The molecule has 0 atom stereocenters. The molecule has 6 heavy (non-hydrogen) atoms. The van der Waals surface area contributed by atoms with Crippen molar-refractivity contribution in [3.05, 3.63) is 0 Å². The van der Waals surface area contributed by atoms with Crippen LogP contribution in [0.4, 0.5) is 0 Å². The molecule has 1 N–H and O–H groups in total. The first-order chi connectivity index (χ1) is 2.91. The van der Waals surface area contributed by atoms with Crippen molar-refractivity contribution in [2.24, 2.45) is 0 Å². The van der Waals surface area contributed by atoms with Crippen LogP contribution >= 0.6 is 0 Å². The van der Waals surface area contributed by atoms with Crippen molar-refractivity contribution in [1.29, 1.82) is 0 Å². The average molecular weight is 96.1 g/mol. The van der Waals surface area contributed by atoms with E-state index in [1.165, 1.54) is 38.0 Å². The Morgan fingerprint density at radius 1 is 1.33 bits per heavy atom. The Kier molecular flexibility index (Phi) is 6.91. The van der Waals surface area contributed by atoms with Crippen molar-refractivity contribution in [3.8, 4) is 0 Å². The molecule has 32 valence electrons. The summed E-state index contributed by atoms with van der Waals surface area (Å²) in [6.07, 6.45) is 2.23. The molecule has 0 aromatic rings. The minimum absolute atomic E-state index is 0.377. The second-order valence-corrected chi connectivity index (χ2v) is 2.43. The Morgan fingerprint density at radius 2 is 2.00 bits per heavy atom. The minimum atomic E-state index is 0.377. The fraction of sp³-hybridized carbons (Fsp3) is 1.00. The van der Waals surface area contributed by atoms with Gasteiger partial charge in [0, 0.05) is 0 Å². The van der Waals surface area contributed by atoms with Crippen LogP contribution in [0.5, 0.6) is 0 Å². The van der Waals surface area contributed by atoms with Gasteiger partial charge in [-0.15, -0.1) is 0 Å². The Morgan fingerprint density at radius 3 is 2.17 bits per heavy atom. The van der Waals surface area contributed by atoms with Crippen LogP contribution in [0.2, 0.25) is 3.67 Å². The van der Waals surface area contributed by atoms with Crippen molar-refractivity contribution in [2.45, 2.75) is 16.5 Å². The van der Waals surface area contributed by atoms with Crippen LogP contribution in [0.15, 0.2) is 0 Å². The van der Waals surface area contributed by atoms with Gasteiger partial charge in [-0.2, -0.15) is 0 Å². The first kappa shape index (κ1) is 6.96. The van der Waals surface area contributed by atoms with Gasteiger partial charge in [0.15, 0.2) is 0 Å². The van der Waals surface area contributed by atoms with Crippen LogP contribution in [0.3, 0.4) is 0 Å². The fourth-order valence-electron chi connectivity index (χ4n) is 0.362. The summed E-state index contributed by atoms with van der Waals surface area (Å²) < 4.78 is 1.33. The molecule has 0 unspecified atom stereocenters. The summed E-state index contributed by atoms with van der Waals surface area (Å²) in [5.41, 5.74) is 0. The molecule has 0 bridgehead atoms. The van der Waals surface area contributed by atoms with E-state index in [0.717, 1.165) is 6.42 Å². The third-order valence-corrected chi connectivity index (χ3v) is 1.47. The Balaban J connectivity index is 2.34. The monoisotopic (exact) mass is 96.1 g/mol. The Bertz CT molecular complexity index is 19.5. The maximum absolute atomic E-state index is 8.21. The molecule has 0 fully saturated rings. The van der Waals surface area contributed by atoms with Gasteiger partial charge in [0.05, 0.1) is 0 Å². The Hall–Kier alpha value is 0.960. The number of hydrogen-bond donors (Lipinski definition) is 1. The van der Waals surface area contributed by atoms with Gasteiger partial charge in [-0.3, -0.25) is 0 Å². The number of unbranched alkanes of at least 4 members (excludes halogenated alkanes) is 1. The van der Waals surface area contributed by atoms with Gasteiger partial charge in [0.1, 0.15) is 0 Å². The number of aliphatic hydroxyl groups is 1. The van der Waals surface area contributed by atoms with Crippen molar-refractivity contribution < 1.29 is 5.11 Å². The summed E-state index contributed by atoms with van der Waals surface area (Å²) in [4.78, 5) is 0. The zero-order chi connectivity index (χ0) is 4.83. The van der Waals surface area contributed by atoms with Gasteiger partial charge in [-0.25, -0.2) is 0 Å². The normalized spacial score (nSPS) is 9.17. The number of rotatable bonds is 3. The van der Waals surface area contributed by atoms with Crippen LogP contribution in [0.1, 0.15) is 12.8 Å². The summed E-state index contributed by atoms with van der Waals surface area (Å²) >= 11 is 1.29. The molecule has 0 spiro atoms. The summed E-state index contributed by atoms with van der Waals surface area (Å²) in [5, 5.41) is 8.21. The van der Waals surface area contributed by atoms with E-state index >= 15 is 0 Å². The number of aliphatic hydroxyl groups excluding tert-OH is 1. The van der Waals surface area contributed by atoms with E-state index in [9.17, 15) is 0 Å². The summed E-state index contributed by atoms with van der Waals surface area (Å²) in [7, 11) is 0. The second-order valence-electron chi connectivity index (χ2n) is 1.43. The van der Waals surface area contributed by atoms with Gasteiger partial charge in [-0.1, -0.05) is 0 Å². The maximum atomic E-state index is 8.21. The third-order valence-electron chi connectivity index (χ3n) is 0.762. The van der Waals surface area contributed by atoms with Gasteiger partial charge in [0.2, 0.25) is 0 Å². The average Bonchev–Trinajstić information content (AvgIpc) is 1.61. The van der Waals surface area contributed by atoms with E-state index in [2.05, 4.69) is 0 Å². The fourth-order valence-corrected chi connectivity index (χ4v) is 0.862. The molecule has 0 saturated carbocycles. The van der Waals surface area contributed by atoms with Crippen LogP contribution < -0.4 is 0 Å². The van der Waals surface area contributed by atoms with Gasteiger partial charge >= 0.3 is 56.2 Å². The van der Waals surface area contributed by atoms with Crippen molar-refractivity contribution in [2.75, 3.05) is 6.61 Å². The SMILES string of the molecule is OCCC[CH2][Na]. The third kappa shape index (κ3) is 4.96. The van der Waals surface area contributed by atoms with Crippen LogP contribution in [-0.4, -0.2) is 39.6 Å². The molecule has 0 amide bonds. The molecule has 0 heterocycles. The van der Waals surface area contributed by atoms with Crippen molar-refractivity contribution >= 4 is 27.9 Å². The molecule has 0 aliphatic rings.